The number of hydrogen-bond donors (Lipinski definition) is 0. The van der Waals surface area contributed by atoms with E-state index in [-0.39, 0.29) is 0 Å². The molecule has 1 aliphatic rings. The van der Waals surface area contributed by atoms with Crippen molar-refractivity contribution < 1.29 is 0 Å². The van der Waals surface area contributed by atoms with Gasteiger partial charge in [-0.3, -0.25) is 0 Å². The van der Waals surface area contributed by atoms with E-state index in [1.807, 2.05) is 0 Å². The van der Waals surface area contributed by atoms with Crippen LogP contribution in [-0.2, 0) is 0 Å². The van der Waals surface area contributed by atoms with Crippen LogP contribution in [0.5, 0.6) is 0 Å². The maximum Gasteiger partial charge on any atom is 0.0104 e. The topological polar surface area (TPSA) is 0 Å². The fraction of sp³-hybridized carbons (Fsp3) is 0.214. The molecule has 1 heteroatoms. The van der Waals surface area contributed by atoms with Crippen LogP contribution in [0.1, 0.15) is 19.4 Å². The van der Waals surface area contributed by atoms with E-state index in [4.69, 9.17) is 0 Å². The lowest BCUT2D eigenvalue weighted by Gasteiger charge is -2.04. The van der Waals surface area contributed by atoms with Gasteiger partial charge in [-0.25, -0.2) is 0 Å². The minimum absolute atomic E-state index is 0.354. The zero-order chi connectivity index (χ0) is 10.4. The van der Waals surface area contributed by atoms with Crippen LogP contribution >= 0.6 is 10.5 Å². The third-order valence-electron chi connectivity index (χ3n) is 3.17. The zero-order valence-electron chi connectivity index (χ0n) is 9.08. The summed E-state index contributed by atoms with van der Waals surface area (Å²) in [6.45, 7) is 4.58. The lowest BCUT2D eigenvalue weighted by atomic mass is 10.0. The van der Waals surface area contributed by atoms with Crippen LogP contribution in [-0.4, -0.2) is 10.6 Å². The van der Waals surface area contributed by atoms with E-state index in [0.29, 0.717) is 10.5 Å². The maximum absolute atomic E-state index is 2.30. The minimum atomic E-state index is 0.354. The first-order valence-electron chi connectivity index (χ1n) is 5.39. The van der Waals surface area contributed by atoms with Crippen molar-refractivity contribution in [3.63, 3.8) is 0 Å². The molecule has 1 heterocycles. The summed E-state index contributed by atoms with van der Waals surface area (Å²) in [6, 6.07) is 13.4. The fourth-order valence-electron chi connectivity index (χ4n) is 2.47. The molecule has 2 aromatic carbocycles. The zero-order valence-corrected chi connectivity index (χ0v) is 9.90. The quantitative estimate of drug-likeness (QED) is 0.628. The van der Waals surface area contributed by atoms with Gasteiger partial charge >= 0.3 is 0 Å². The molecule has 76 valence electrons. The lowest BCUT2D eigenvalue weighted by Crippen LogP contribution is -1.90. The van der Waals surface area contributed by atoms with Crippen molar-refractivity contribution in [3.8, 4) is 0 Å². The fourth-order valence-corrected chi connectivity index (χ4v) is 4.70. The first kappa shape index (κ1) is 9.17. The molecule has 1 atom stereocenters. The summed E-state index contributed by atoms with van der Waals surface area (Å²) in [5.74, 6) is 1.24. The first-order chi connectivity index (χ1) is 7.33. The summed E-state index contributed by atoms with van der Waals surface area (Å²) in [5.41, 5.74) is 1.48. The molecular weight excluding hydrogens is 200 g/mol. The molecule has 0 saturated heterocycles. The first-order valence-corrected chi connectivity index (χ1v) is 6.79. The van der Waals surface area contributed by atoms with Crippen LogP contribution in [0, 0.1) is 0 Å². The van der Waals surface area contributed by atoms with Gasteiger partial charge in [-0.15, -0.1) is 0 Å². The van der Waals surface area contributed by atoms with Crippen molar-refractivity contribution in [3.05, 3.63) is 42.0 Å². The van der Waals surface area contributed by atoms with Crippen LogP contribution < -0.4 is 0 Å². The molecule has 3 rings (SSSR count). The molecular formula is C14H14S. The lowest BCUT2D eigenvalue weighted by molar-refractivity contribution is 1.48. The highest BCUT2D eigenvalue weighted by Gasteiger charge is 2.18. The smallest absolute Gasteiger partial charge is 0.0104 e. The second-order valence-corrected chi connectivity index (χ2v) is 6.31. The Bertz CT molecular complexity index is 574. The van der Waals surface area contributed by atoms with E-state index in [0.717, 1.165) is 0 Å². The Morgan fingerprint density at radius 3 is 2.53 bits per heavy atom. The van der Waals surface area contributed by atoms with Gasteiger partial charge in [-0.05, 0) is 34.6 Å². The molecule has 0 amide bonds. The third-order valence-corrected chi connectivity index (χ3v) is 5.58. The van der Waals surface area contributed by atoms with E-state index < -0.39 is 0 Å². The van der Waals surface area contributed by atoms with Gasteiger partial charge in [0, 0.05) is 10.3 Å². The van der Waals surface area contributed by atoms with E-state index >= 15 is 0 Å². The van der Waals surface area contributed by atoms with Crippen molar-refractivity contribution in [2.75, 3.05) is 5.75 Å². The molecule has 0 fully saturated rings. The standard InChI is InChI=1S/C14H14S/c1-3-15-10(2)12-8-4-6-11-7-5-9-13(15)14(11)12/h4-9H,3H2,1-2H3. The predicted molar refractivity (Wildman–Crippen MR) is 70.1 cm³/mol. The van der Waals surface area contributed by atoms with Crippen LogP contribution in [0.25, 0.3) is 10.8 Å². The maximum atomic E-state index is 2.30. The highest BCUT2D eigenvalue weighted by atomic mass is 32.2. The largest absolute Gasteiger partial charge is 0.151 e. The summed E-state index contributed by atoms with van der Waals surface area (Å²) in [4.78, 5) is 3.13. The molecule has 0 aliphatic carbocycles. The van der Waals surface area contributed by atoms with Crippen LogP contribution in [0.15, 0.2) is 41.3 Å². The molecule has 15 heavy (non-hydrogen) atoms. The van der Waals surface area contributed by atoms with Crippen LogP contribution in [0.2, 0.25) is 0 Å². The molecule has 1 unspecified atom stereocenters. The SMILES string of the molecule is CCS1=C(C)c2cccc3cccc1c23. The van der Waals surface area contributed by atoms with E-state index in [2.05, 4.69) is 50.2 Å². The van der Waals surface area contributed by atoms with Gasteiger partial charge in [0.05, 0.1) is 0 Å². The Morgan fingerprint density at radius 2 is 1.80 bits per heavy atom. The van der Waals surface area contributed by atoms with Gasteiger partial charge < -0.3 is 0 Å². The van der Waals surface area contributed by atoms with Crippen molar-refractivity contribution in [2.24, 2.45) is 0 Å². The molecule has 0 nitrogen and oxygen atoms in total. The molecule has 1 aliphatic heterocycles. The third kappa shape index (κ3) is 1.13. The Morgan fingerprint density at radius 1 is 1.07 bits per heavy atom. The second kappa shape index (κ2) is 3.21. The van der Waals surface area contributed by atoms with E-state index in [1.54, 1.807) is 9.76 Å². The van der Waals surface area contributed by atoms with Crippen molar-refractivity contribution in [1.82, 2.24) is 0 Å². The molecule has 0 bridgehead atoms. The van der Waals surface area contributed by atoms with Gasteiger partial charge in [0.25, 0.3) is 0 Å². The van der Waals surface area contributed by atoms with Gasteiger partial charge in [0.15, 0.2) is 0 Å². The Hall–Kier alpha value is -1.08. The van der Waals surface area contributed by atoms with Crippen LogP contribution in [0.3, 0.4) is 0 Å². The average Bonchev–Trinajstić information content (AvgIpc) is 2.55. The summed E-state index contributed by atoms with van der Waals surface area (Å²) >= 11 is 0. The normalized spacial score (nSPS) is 18.8. The molecule has 0 radical (unpaired) electrons. The van der Waals surface area contributed by atoms with E-state index in [9.17, 15) is 0 Å². The predicted octanol–water partition coefficient (Wildman–Crippen LogP) is 4.04. The van der Waals surface area contributed by atoms with Crippen molar-refractivity contribution in [1.29, 1.82) is 0 Å². The molecule has 0 N–H and O–H groups in total. The minimum Gasteiger partial charge on any atom is -0.151 e. The van der Waals surface area contributed by atoms with Crippen molar-refractivity contribution in [2.45, 2.75) is 18.7 Å². The van der Waals surface area contributed by atoms with Crippen LogP contribution in [0.4, 0.5) is 0 Å². The van der Waals surface area contributed by atoms with Gasteiger partial charge in [-0.2, -0.15) is 10.5 Å². The summed E-state index contributed by atoms with van der Waals surface area (Å²) in [6.07, 6.45) is 0. The number of rotatable bonds is 1. The highest BCUT2D eigenvalue weighted by Crippen LogP contribution is 2.43. The Labute approximate surface area is 92.9 Å². The Kier molecular flexibility index (Phi) is 1.96. The monoisotopic (exact) mass is 214 g/mol. The summed E-state index contributed by atoms with van der Waals surface area (Å²) in [5, 5.41) is 2.90. The van der Waals surface area contributed by atoms with Gasteiger partial charge in [0.1, 0.15) is 0 Å². The number of hydrogen-bond acceptors (Lipinski definition) is 0. The second-order valence-electron chi connectivity index (χ2n) is 3.90. The highest BCUT2D eigenvalue weighted by molar-refractivity contribution is 8.16. The molecule has 0 aromatic heterocycles. The molecule has 2 aromatic rings. The van der Waals surface area contributed by atoms with Crippen molar-refractivity contribution >= 4 is 26.1 Å². The van der Waals surface area contributed by atoms with Gasteiger partial charge in [0.2, 0.25) is 0 Å². The summed E-state index contributed by atoms with van der Waals surface area (Å²) < 4.78 is 0. The molecule has 0 spiro atoms. The number of benzene rings is 2. The molecule has 0 saturated carbocycles. The Balaban J connectivity index is 2.50. The van der Waals surface area contributed by atoms with E-state index in [1.165, 1.54) is 22.1 Å². The van der Waals surface area contributed by atoms with Gasteiger partial charge in [-0.1, -0.05) is 37.3 Å². The summed E-state index contributed by atoms with van der Waals surface area (Å²) in [7, 11) is 0.354. The average molecular weight is 214 g/mol.